The highest BCUT2D eigenvalue weighted by Gasteiger charge is 2.18. The molecule has 2 rings (SSSR count). The average Bonchev–Trinajstić information content (AvgIpc) is 2.85. The first-order valence-electron chi connectivity index (χ1n) is 6.11. The first-order valence-corrected chi connectivity index (χ1v) is 7.60. The summed E-state index contributed by atoms with van der Waals surface area (Å²) in [5.74, 6) is -0.335. The van der Waals surface area contributed by atoms with E-state index in [1.54, 1.807) is 0 Å². The highest BCUT2D eigenvalue weighted by Crippen LogP contribution is 2.18. The largest absolute Gasteiger partial charge is 0.396 e. The number of sulfonamides is 1. The molecule has 0 radical (unpaired) electrons. The fraction of sp³-hybridized carbons (Fsp3) is 0.500. The minimum absolute atomic E-state index is 0.0675. The number of rotatable bonds is 5. The van der Waals surface area contributed by atoms with Crippen molar-refractivity contribution in [2.45, 2.75) is 17.7 Å². The molecule has 0 aromatic heterocycles. The summed E-state index contributed by atoms with van der Waals surface area (Å²) in [4.78, 5) is -0.109. The van der Waals surface area contributed by atoms with Crippen molar-refractivity contribution in [3.05, 3.63) is 24.0 Å². The van der Waals surface area contributed by atoms with Crippen LogP contribution in [0.15, 0.2) is 23.1 Å². The Labute approximate surface area is 112 Å². The summed E-state index contributed by atoms with van der Waals surface area (Å²) in [6.45, 7) is 1.74. The van der Waals surface area contributed by atoms with Gasteiger partial charge in [0.25, 0.3) is 0 Å². The van der Waals surface area contributed by atoms with Gasteiger partial charge in [-0.1, -0.05) is 0 Å². The number of hydrogen-bond acceptors (Lipinski definition) is 4. The lowest BCUT2D eigenvalue weighted by atomic mass is 10.1. The van der Waals surface area contributed by atoms with E-state index in [2.05, 4.69) is 4.72 Å². The summed E-state index contributed by atoms with van der Waals surface area (Å²) in [6.07, 6.45) is 1.68. The quantitative estimate of drug-likeness (QED) is 0.795. The van der Waals surface area contributed by atoms with Gasteiger partial charge in [-0.3, -0.25) is 0 Å². The first-order chi connectivity index (χ1) is 8.99. The standard InChI is InChI=1S/C12H17FN2O3S/c13-11-7-10(1-2-12(11)14)19(16,17)15-5-3-9-4-6-18-8-9/h1-2,7,9,15H,3-6,8,14H2. The number of halogens is 1. The molecule has 1 saturated heterocycles. The topological polar surface area (TPSA) is 81.4 Å². The monoisotopic (exact) mass is 288 g/mol. The number of nitrogens with one attached hydrogen (secondary N) is 1. The van der Waals surface area contributed by atoms with Crippen molar-refractivity contribution < 1.29 is 17.5 Å². The maximum atomic E-state index is 13.2. The second-order valence-corrected chi connectivity index (χ2v) is 6.37. The van der Waals surface area contributed by atoms with E-state index in [1.807, 2.05) is 0 Å². The van der Waals surface area contributed by atoms with Crippen molar-refractivity contribution in [3.63, 3.8) is 0 Å². The molecule has 1 fully saturated rings. The third-order valence-corrected chi connectivity index (χ3v) is 4.61. The van der Waals surface area contributed by atoms with Crippen LogP contribution in [0, 0.1) is 11.7 Å². The molecule has 19 heavy (non-hydrogen) atoms. The summed E-state index contributed by atoms with van der Waals surface area (Å²) in [5.41, 5.74) is 5.24. The molecule has 1 aromatic carbocycles. The van der Waals surface area contributed by atoms with Gasteiger partial charge < -0.3 is 10.5 Å². The van der Waals surface area contributed by atoms with Crippen molar-refractivity contribution >= 4 is 15.7 Å². The first kappa shape index (κ1) is 14.2. The van der Waals surface area contributed by atoms with Crippen molar-refractivity contribution in [1.29, 1.82) is 0 Å². The highest BCUT2D eigenvalue weighted by atomic mass is 32.2. The lowest BCUT2D eigenvalue weighted by molar-refractivity contribution is 0.184. The molecule has 0 saturated carbocycles. The molecular weight excluding hydrogens is 271 g/mol. The normalized spacial score (nSPS) is 19.7. The Balaban J connectivity index is 1.95. The summed E-state index contributed by atoms with van der Waals surface area (Å²) >= 11 is 0. The zero-order valence-corrected chi connectivity index (χ0v) is 11.2. The van der Waals surface area contributed by atoms with Gasteiger partial charge in [-0.25, -0.2) is 17.5 Å². The molecule has 0 aliphatic carbocycles. The van der Waals surface area contributed by atoms with E-state index in [0.29, 0.717) is 19.1 Å². The minimum Gasteiger partial charge on any atom is -0.396 e. The molecule has 0 bridgehead atoms. The third-order valence-electron chi connectivity index (χ3n) is 3.15. The van der Waals surface area contributed by atoms with Crippen LogP contribution < -0.4 is 10.5 Å². The molecule has 7 heteroatoms. The van der Waals surface area contributed by atoms with E-state index in [9.17, 15) is 12.8 Å². The Kier molecular flexibility index (Phi) is 4.38. The van der Waals surface area contributed by atoms with Crippen LogP contribution in [-0.4, -0.2) is 28.2 Å². The molecule has 3 N–H and O–H groups in total. The van der Waals surface area contributed by atoms with Gasteiger partial charge in [0.05, 0.1) is 10.6 Å². The summed E-state index contributed by atoms with van der Waals surface area (Å²) in [6, 6.07) is 3.46. The van der Waals surface area contributed by atoms with Crippen LogP contribution in [0.4, 0.5) is 10.1 Å². The van der Waals surface area contributed by atoms with Crippen LogP contribution >= 0.6 is 0 Å². The maximum Gasteiger partial charge on any atom is 0.240 e. The van der Waals surface area contributed by atoms with Crippen LogP contribution in [-0.2, 0) is 14.8 Å². The van der Waals surface area contributed by atoms with Crippen LogP contribution in [0.2, 0.25) is 0 Å². The van der Waals surface area contributed by atoms with Gasteiger partial charge in [0.15, 0.2) is 0 Å². The SMILES string of the molecule is Nc1ccc(S(=O)(=O)NCCC2CCOC2)cc1F. The van der Waals surface area contributed by atoms with Gasteiger partial charge >= 0.3 is 0 Å². The Morgan fingerprint density at radius 1 is 1.47 bits per heavy atom. The highest BCUT2D eigenvalue weighted by molar-refractivity contribution is 7.89. The molecule has 5 nitrogen and oxygen atoms in total. The van der Waals surface area contributed by atoms with E-state index in [0.717, 1.165) is 25.5 Å². The number of anilines is 1. The fourth-order valence-corrected chi connectivity index (χ4v) is 3.03. The summed E-state index contributed by atoms with van der Waals surface area (Å²) in [7, 11) is -3.68. The van der Waals surface area contributed by atoms with Crippen molar-refractivity contribution in [1.82, 2.24) is 4.72 Å². The zero-order chi connectivity index (χ0) is 13.9. The predicted octanol–water partition coefficient (Wildman–Crippen LogP) is 1.11. The van der Waals surface area contributed by atoms with Gasteiger partial charge in [0.1, 0.15) is 5.82 Å². The Morgan fingerprint density at radius 3 is 2.89 bits per heavy atom. The number of nitrogen functional groups attached to an aromatic ring is 1. The van der Waals surface area contributed by atoms with Crippen LogP contribution in [0.5, 0.6) is 0 Å². The van der Waals surface area contributed by atoms with Crippen molar-refractivity contribution in [2.75, 3.05) is 25.5 Å². The number of hydrogen-bond donors (Lipinski definition) is 2. The molecular formula is C12H17FN2O3S. The minimum atomic E-state index is -3.68. The van der Waals surface area contributed by atoms with Gasteiger partial charge in [-0.2, -0.15) is 0 Å². The number of benzene rings is 1. The molecule has 1 aliphatic rings. The van der Waals surface area contributed by atoms with Gasteiger partial charge in [-0.15, -0.1) is 0 Å². The summed E-state index contributed by atoms with van der Waals surface area (Å²) in [5, 5.41) is 0. The molecule has 1 atom stereocenters. The molecule has 1 heterocycles. The van der Waals surface area contributed by atoms with Crippen molar-refractivity contribution in [2.24, 2.45) is 5.92 Å². The Hall–Kier alpha value is -1.18. The molecule has 1 aromatic rings. The Morgan fingerprint density at radius 2 is 2.26 bits per heavy atom. The second-order valence-electron chi connectivity index (χ2n) is 4.60. The Bertz CT molecular complexity index is 542. The third kappa shape index (κ3) is 3.65. The average molecular weight is 288 g/mol. The zero-order valence-electron chi connectivity index (χ0n) is 10.4. The van der Waals surface area contributed by atoms with E-state index < -0.39 is 15.8 Å². The molecule has 1 unspecified atom stereocenters. The van der Waals surface area contributed by atoms with Crippen LogP contribution in [0.3, 0.4) is 0 Å². The predicted molar refractivity (Wildman–Crippen MR) is 69.5 cm³/mol. The van der Waals surface area contributed by atoms with E-state index in [1.165, 1.54) is 12.1 Å². The van der Waals surface area contributed by atoms with Crippen molar-refractivity contribution in [3.8, 4) is 0 Å². The maximum absolute atomic E-state index is 13.2. The lowest BCUT2D eigenvalue weighted by Crippen LogP contribution is -2.26. The van der Waals surface area contributed by atoms with E-state index in [4.69, 9.17) is 10.5 Å². The number of nitrogens with two attached hydrogens (primary N) is 1. The van der Waals surface area contributed by atoms with Gasteiger partial charge in [0, 0.05) is 19.8 Å². The van der Waals surface area contributed by atoms with Crippen LogP contribution in [0.1, 0.15) is 12.8 Å². The van der Waals surface area contributed by atoms with Gasteiger partial charge in [-0.05, 0) is 37.0 Å². The van der Waals surface area contributed by atoms with E-state index >= 15 is 0 Å². The molecule has 0 amide bonds. The second kappa shape index (κ2) is 5.85. The fourth-order valence-electron chi connectivity index (χ4n) is 1.97. The summed E-state index contributed by atoms with van der Waals surface area (Å²) < 4.78 is 44.8. The molecule has 106 valence electrons. The molecule has 0 spiro atoms. The van der Waals surface area contributed by atoms with Crippen LogP contribution in [0.25, 0.3) is 0 Å². The number of ether oxygens (including phenoxy) is 1. The molecule has 1 aliphatic heterocycles. The lowest BCUT2D eigenvalue weighted by Gasteiger charge is -2.10. The smallest absolute Gasteiger partial charge is 0.240 e. The van der Waals surface area contributed by atoms with E-state index in [-0.39, 0.29) is 10.6 Å². The van der Waals surface area contributed by atoms with Gasteiger partial charge in [0.2, 0.25) is 10.0 Å².